The molecule has 1 aliphatic carbocycles. The monoisotopic (exact) mass is 479 g/mol. The molecule has 2 bridgehead atoms. The lowest BCUT2D eigenvalue weighted by atomic mass is 10.0. The quantitative estimate of drug-likeness (QED) is 0.611. The number of likely N-dealkylation sites (tertiary alicyclic amines) is 1. The Morgan fingerprint density at radius 2 is 1.83 bits per heavy atom. The Labute approximate surface area is 177 Å². The molecule has 1 heterocycles. The largest absolute Gasteiger partial charge is 0.497 e. The number of sulfone groups is 1. The number of carbonyl (C=O) groups is 1. The van der Waals surface area contributed by atoms with E-state index >= 15 is 4.39 Å². The third kappa shape index (κ3) is 3.38. The maximum atomic E-state index is 15.3. The summed E-state index contributed by atoms with van der Waals surface area (Å²) in [4.78, 5) is 13.9. The molecule has 1 aliphatic heterocycles. The topological polar surface area (TPSA) is 63.7 Å². The molecule has 3 atom stereocenters. The van der Waals surface area contributed by atoms with Crippen molar-refractivity contribution in [2.24, 2.45) is 5.92 Å². The molecule has 0 radical (unpaired) electrons. The third-order valence-corrected chi connectivity index (χ3v) is 8.24. The minimum Gasteiger partial charge on any atom is -0.497 e. The van der Waals surface area contributed by atoms with Crippen LogP contribution in [-0.4, -0.2) is 37.2 Å². The van der Waals surface area contributed by atoms with Crippen molar-refractivity contribution in [3.05, 3.63) is 70.9 Å². The Bertz CT molecular complexity index is 1070. The highest BCUT2D eigenvalue weighted by molar-refractivity contribution is 9.09. The average Bonchev–Trinajstić information content (AvgIpc) is 3.18. The molecule has 0 unspecified atom stereocenters. The first kappa shape index (κ1) is 20.1. The highest BCUT2D eigenvalue weighted by Gasteiger charge is 2.56. The molecule has 29 heavy (non-hydrogen) atoms. The van der Waals surface area contributed by atoms with Gasteiger partial charge in [-0.3, -0.25) is 4.79 Å². The summed E-state index contributed by atoms with van der Waals surface area (Å²) in [5.41, 5.74) is 1.02. The lowest BCUT2D eigenvalue weighted by molar-refractivity contribution is -0.133. The third-order valence-electron chi connectivity index (χ3n) is 5.47. The van der Waals surface area contributed by atoms with Crippen molar-refractivity contribution in [2.75, 3.05) is 7.11 Å². The van der Waals surface area contributed by atoms with E-state index in [0.717, 1.165) is 5.56 Å². The van der Waals surface area contributed by atoms with Gasteiger partial charge in [-0.15, -0.1) is 0 Å². The number of methoxy groups -OCH3 is 1. The summed E-state index contributed by atoms with van der Waals surface area (Å²) in [5, 5.41) is -1.15. The van der Waals surface area contributed by atoms with Crippen LogP contribution >= 0.6 is 15.9 Å². The van der Waals surface area contributed by atoms with Crippen molar-refractivity contribution in [1.29, 1.82) is 0 Å². The second-order valence-electron chi connectivity index (χ2n) is 7.13. The number of hydrogen-bond donors (Lipinski definition) is 0. The van der Waals surface area contributed by atoms with Gasteiger partial charge in [0.05, 0.1) is 28.8 Å². The maximum absolute atomic E-state index is 15.3. The number of piperidine rings is 1. The van der Waals surface area contributed by atoms with Crippen LogP contribution in [0.2, 0.25) is 0 Å². The van der Waals surface area contributed by atoms with E-state index in [1.54, 1.807) is 42.3 Å². The van der Waals surface area contributed by atoms with Crippen molar-refractivity contribution >= 4 is 31.7 Å². The Balaban J connectivity index is 1.68. The summed E-state index contributed by atoms with van der Waals surface area (Å²) in [7, 11) is -2.68. The van der Waals surface area contributed by atoms with Crippen LogP contribution in [0.4, 0.5) is 4.39 Å². The zero-order valence-corrected chi connectivity index (χ0v) is 18.0. The predicted octanol–water partition coefficient (Wildman–Crippen LogP) is 3.84. The second kappa shape index (κ2) is 7.57. The van der Waals surface area contributed by atoms with Gasteiger partial charge >= 0.3 is 0 Å². The van der Waals surface area contributed by atoms with E-state index < -0.39 is 27.0 Å². The molecule has 1 saturated heterocycles. The van der Waals surface area contributed by atoms with E-state index in [1.165, 1.54) is 12.1 Å². The molecular formula is C21H19BrFNO4S. The zero-order valence-electron chi connectivity index (χ0n) is 15.6. The van der Waals surface area contributed by atoms with Crippen molar-refractivity contribution < 1.29 is 22.3 Å². The summed E-state index contributed by atoms with van der Waals surface area (Å²) in [5.74, 6) is 0.133. The zero-order chi connectivity index (χ0) is 20.8. The standard InChI is InChI=1S/C21H19BrFNO4S/c1-28-14-9-7-13(8-10-14)12-24-19-17(11-16(18(19)22)21(24)25)20(23)29(26,27)15-5-3-2-4-6-15/h2-10,16,18-19H,11-12H2,1H3/b20-17-/t16-,18+,19+/m0/s1. The number of alkyl halides is 1. The fourth-order valence-electron chi connectivity index (χ4n) is 3.99. The van der Waals surface area contributed by atoms with E-state index in [-0.39, 0.29) is 34.2 Å². The number of benzene rings is 2. The number of rotatable bonds is 5. The number of ether oxygens (including phenoxy) is 1. The van der Waals surface area contributed by atoms with E-state index in [9.17, 15) is 13.2 Å². The number of carbonyl (C=O) groups excluding carboxylic acids is 1. The van der Waals surface area contributed by atoms with Crippen LogP contribution in [0.5, 0.6) is 5.75 Å². The summed E-state index contributed by atoms with van der Waals surface area (Å²) in [6, 6.07) is 14.1. The molecule has 0 N–H and O–H groups in total. The van der Waals surface area contributed by atoms with Crippen molar-refractivity contribution in [1.82, 2.24) is 4.90 Å². The van der Waals surface area contributed by atoms with Gasteiger partial charge in [-0.25, -0.2) is 8.42 Å². The normalized spacial score (nSPS) is 25.4. The van der Waals surface area contributed by atoms with Gasteiger partial charge in [0.15, 0.2) is 0 Å². The minimum atomic E-state index is -4.25. The van der Waals surface area contributed by atoms with Gasteiger partial charge in [0.25, 0.3) is 0 Å². The molecule has 152 valence electrons. The molecule has 8 heteroatoms. The van der Waals surface area contributed by atoms with E-state index in [1.807, 2.05) is 12.1 Å². The maximum Gasteiger partial charge on any atom is 0.233 e. The molecule has 2 aromatic rings. The van der Waals surface area contributed by atoms with Crippen LogP contribution in [0.1, 0.15) is 12.0 Å². The summed E-state index contributed by atoms with van der Waals surface area (Å²) in [6.45, 7) is 0.272. The van der Waals surface area contributed by atoms with Gasteiger partial charge < -0.3 is 9.64 Å². The van der Waals surface area contributed by atoms with Crippen LogP contribution in [0, 0.1) is 5.92 Å². The van der Waals surface area contributed by atoms with Gasteiger partial charge in [0.2, 0.25) is 20.9 Å². The van der Waals surface area contributed by atoms with Gasteiger partial charge in [0.1, 0.15) is 5.75 Å². The van der Waals surface area contributed by atoms with Crippen molar-refractivity contribution in [3.8, 4) is 5.75 Å². The summed E-state index contributed by atoms with van der Waals surface area (Å²) < 4.78 is 45.9. The van der Waals surface area contributed by atoms with Gasteiger partial charge in [-0.2, -0.15) is 4.39 Å². The second-order valence-corrected chi connectivity index (χ2v) is 10.0. The van der Waals surface area contributed by atoms with Crippen molar-refractivity contribution in [2.45, 2.75) is 28.7 Å². The molecule has 4 rings (SSSR count). The average molecular weight is 480 g/mol. The van der Waals surface area contributed by atoms with E-state index in [4.69, 9.17) is 4.74 Å². The lowest BCUT2D eigenvalue weighted by Gasteiger charge is -2.29. The molecular weight excluding hydrogens is 461 g/mol. The van der Waals surface area contributed by atoms with Gasteiger partial charge in [0, 0.05) is 12.1 Å². The van der Waals surface area contributed by atoms with Crippen LogP contribution in [-0.2, 0) is 21.2 Å². The fraction of sp³-hybridized carbons (Fsp3) is 0.286. The molecule has 0 aromatic heterocycles. The van der Waals surface area contributed by atoms with Crippen LogP contribution < -0.4 is 4.74 Å². The van der Waals surface area contributed by atoms with Crippen LogP contribution in [0.25, 0.3) is 0 Å². The molecule has 2 fully saturated rings. The summed E-state index contributed by atoms with van der Waals surface area (Å²) in [6.07, 6.45) is 0.108. The van der Waals surface area contributed by atoms with E-state index in [2.05, 4.69) is 15.9 Å². The number of amides is 1. The molecule has 2 aliphatic rings. The first-order valence-electron chi connectivity index (χ1n) is 9.10. The Hall–Kier alpha value is -2.19. The Morgan fingerprint density at radius 3 is 2.41 bits per heavy atom. The molecule has 0 spiro atoms. The number of hydrogen-bond acceptors (Lipinski definition) is 4. The molecule has 1 amide bonds. The first-order valence-corrected chi connectivity index (χ1v) is 11.5. The first-order chi connectivity index (χ1) is 13.8. The Morgan fingerprint density at radius 1 is 1.17 bits per heavy atom. The smallest absolute Gasteiger partial charge is 0.233 e. The summed E-state index contributed by atoms with van der Waals surface area (Å²) >= 11 is 3.50. The van der Waals surface area contributed by atoms with Gasteiger partial charge in [-0.1, -0.05) is 46.3 Å². The van der Waals surface area contributed by atoms with Crippen LogP contribution in [0.3, 0.4) is 0 Å². The van der Waals surface area contributed by atoms with Gasteiger partial charge in [-0.05, 0) is 36.2 Å². The SMILES string of the molecule is COc1ccc(CN2C(=O)[C@H]3C/C(=C(\F)S(=O)(=O)c4ccccc4)[C@@H]2[C@@H]3Br)cc1. The molecule has 5 nitrogen and oxygen atoms in total. The highest BCUT2D eigenvalue weighted by Crippen LogP contribution is 2.49. The Kier molecular flexibility index (Phi) is 5.25. The van der Waals surface area contributed by atoms with Crippen molar-refractivity contribution in [3.63, 3.8) is 0 Å². The number of nitrogens with zero attached hydrogens (tertiary/aromatic N) is 1. The molecule has 2 aromatic carbocycles. The molecule has 1 saturated carbocycles. The highest BCUT2D eigenvalue weighted by atomic mass is 79.9. The predicted molar refractivity (Wildman–Crippen MR) is 110 cm³/mol. The minimum absolute atomic E-state index is 0.0908. The number of fused-ring (bicyclic) bond motifs is 2. The lowest BCUT2D eigenvalue weighted by Crippen LogP contribution is -2.39. The fourth-order valence-corrected chi connectivity index (χ4v) is 6.28. The van der Waals surface area contributed by atoms with E-state index in [0.29, 0.717) is 5.75 Å². The number of halogens is 2. The van der Waals surface area contributed by atoms with Crippen LogP contribution in [0.15, 0.2) is 70.2 Å².